The molecule has 0 unspecified atom stereocenters. The van der Waals surface area contributed by atoms with Crippen molar-refractivity contribution >= 4 is 0 Å². The second kappa shape index (κ2) is 6.34. The van der Waals surface area contributed by atoms with Gasteiger partial charge in [0.05, 0.1) is 0 Å². The molecule has 0 saturated heterocycles. The Kier molecular flexibility index (Phi) is 5.85. The van der Waals surface area contributed by atoms with Crippen molar-refractivity contribution in [2.24, 2.45) is 0 Å². The first kappa shape index (κ1) is 9.22. The second-order valence-electron chi connectivity index (χ2n) is 2.23. The van der Waals surface area contributed by atoms with E-state index in [0.717, 1.165) is 0 Å². The summed E-state index contributed by atoms with van der Waals surface area (Å²) in [6.45, 7) is 9.72. The SMILES string of the molecule is C=C.C=CC1=CCCCC1. The summed E-state index contributed by atoms with van der Waals surface area (Å²) in [4.78, 5) is 0. The van der Waals surface area contributed by atoms with E-state index < -0.39 is 0 Å². The smallest absolute Gasteiger partial charge is 0.0282 e. The molecule has 1 rings (SSSR count). The van der Waals surface area contributed by atoms with Crippen LogP contribution in [-0.2, 0) is 0 Å². The minimum atomic E-state index is 1.25. The van der Waals surface area contributed by atoms with E-state index in [1.54, 1.807) is 0 Å². The van der Waals surface area contributed by atoms with Crippen LogP contribution in [0.3, 0.4) is 0 Å². The van der Waals surface area contributed by atoms with E-state index in [2.05, 4.69) is 25.8 Å². The molecule has 0 fully saturated rings. The van der Waals surface area contributed by atoms with Gasteiger partial charge >= 0.3 is 0 Å². The number of hydrogen-bond acceptors (Lipinski definition) is 0. The topological polar surface area (TPSA) is 0 Å². The van der Waals surface area contributed by atoms with E-state index in [9.17, 15) is 0 Å². The molecule has 0 spiro atoms. The Morgan fingerprint density at radius 1 is 1.30 bits per heavy atom. The van der Waals surface area contributed by atoms with Crippen LogP contribution in [-0.4, -0.2) is 0 Å². The first-order chi connectivity index (χ1) is 4.93. The van der Waals surface area contributed by atoms with Gasteiger partial charge in [0.1, 0.15) is 0 Å². The first-order valence-electron chi connectivity index (χ1n) is 3.75. The average molecular weight is 136 g/mol. The van der Waals surface area contributed by atoms with Gasteiger partial charge in [-0.25, -0.2) is 0 Å². The standard InChI is InChI=1S/C8H12.C2H4/c1-2-8-6-4-3-5-7-8;1-2/h2,6H,1,3-5,7H2;1-2H2. The molecule has 0 N–H and O–H groups in total. The lowest BCUT2D eigenvalue weighted by molar-refractivity contribution is 0.712. The highest BCUT2D eigenvalue weighted by atomic mass is 14.0. The Balaban J connectivity index is 0.000000371. The molecule has 0 radical (unpaired) electrons. The van der Waals surface area contributed by atoms with Crippen molar-refractivity contribution in [3.05, 3.63) is 37.5 Å². The lowest BCUT2D eigenvalue weighted by Gasteiger charge is -2.06. The normalized spacial score (nSPS) is 16.2. The fraction of sp³-hybridized carbons (Fsp3) is 0.400. The Morgan fingerprint density at radius 2 is 2.00 bits per heavy atom. The van der Waals surface area contributed by atoms with Crippen LogP contribution in [0.1, 0.15) is 25.7 Å². The summed E-state index contributed by atoms with van der Waals surface area (Å²) in [6.07, 6.45) is 9.51. The van der Waals surface area contributed by atoms with Crippen LogP contribution in [0.4, 0.5) is 0 Å². The van der Waals surface area contributed by atoms with Crippen molar-refractivity contribution in [2.75, 3.05) is 0 Å². The van der Waals surface area contributed by atoms with E-state index >= 15 is 0 Å². The Labute approximate surface area is 64.0 Å². The van der Waals surface area contributed by atoms with Gasteiger partial charge in [-0.15, -0.1) is 13.2 Å². The minimum absolute atomic E-state index is 1.25. The van der Waals surface area contributed by atoms with Gasteiger partial charge in [0.2, 0.25) is 0 Å². The zero-order chi connectivity index (χ0) is 7.82. The van der Waals surface area contributed by atoms with Crippen LogP contribution in [0, 0.1) is 0 Å². The third-order valence-corrected chi connectivity index (χ3v) is 1.59. The molecule has 0 heteroatoms. The lowest BCUT2D eigenvalue weighted by atomic mass is 10.0. The van der Waals surface area contributed by atoms with Crippen LogP contribution in [0.25, 0.3) is 0 Å². The van der Waals surface area contributed by atoms with Gasteiger partial charge in [-0.1, -0.05) is 24.3 Å². The molecular weight excluding hydrogens is 120 g/mol. The molecule has 0 nitrogen and oxygen atoms in total. The maximum atomic E-state index is 3.72. The van der Waals surface area contributed by atoms with Crippen molar-refractivity contribution in [1.29, 1.82) is 0 Å². The molecule has 10 heavy (non-hydrogen) atoms. The highest BCUT2D eigenvalue weighted by molar-refractivity contribution is 5.17. The summed E-state index contributed by atoms with van der Waals surface area (Å²) in [5, 5.41) is 0. The predicted octanol–water partition coefficient (Wildman–Crippen LogP) is 3.48. The highest BCUT2D eigenvalue weighted by Crippen LogP contribution is 2.16. The van der Waals surface area contributed by atoms with Crippen LogP contribution >= 0.6 is 0 Å². The average Bonchev–Trinajstić information content (AvgIpc) is 2.10. The summed E-state index contributed by atoms with van der Waals surface area (Å²) in [5.41, 5.74) is 1.44. The molecule has 1 aliphatic rings. The summed E-state index contributed by atoms with van der Waals surface area (Å²) < 4.78 is 0. The quantitative estimate of drug-likeness (QED) is 0.484. The predicted molar refractivity (Wildman–Crippen MR) is 48.0 cm³/mol. The monoisotopic (exact) mass is 136 g/mol. The second-order valence-corrected chi connectivity index (χ2v) is 2.23. The molecule has 0 amide bonds. The Hall–Kier alpha value is -0.780. The Bertz CT molecular complexity index is 120. The number of allylic oxidation sites excluding steroid dienone is 3. The maximum Gasteiger partial charge on any atom is -0.0282 e. The van der Waals surface area contributed by atoms with Gasteiger partial charge in [0.25, 0.3) is 0 Å². The lowest BCUT2D eigenvalue weighted by Crippen LogP contribution is -1.86. The molecule has 0 heterocycles. The number of rotatable bonds is 1. The van der Waals surface area contributed by atoms with Gasteiger partial charge in [-0.05, 0) is 25.7 Å². The fourth-order valence-electron chi connectivity index (χ4n) is 1.05. The number of hydrogen-bond donors (Lipinski definition) is 0. The summed E-state index contributed by atoms with van der Waals surface area (Å²) in [5.74, 6) is 0. The molecule has 0 aromatic carbocycles. The van der Waals surface area contributed by atoms with Crippen LogP contribution < -0.4 is 0 Å². The van der Waals surface area contributed by atoms with Gasteiger partial charge in [-0.2, -0.15) is 0 Å². The fourth-order valence-corrected chi connectivity index (χ4v) is 1.05. The van der Waals surface area contributed by atoms with Crippen molar-refractivity contribution in [2.45, 2.75) is 25.7 Å². The molecule has 56 valence electrons. The van der Waals surface area contributed by atoms with Crippen LogP contribution in [0.15, 0.2) is 37.5 Å². The van der Waals surface area contributed by atoms with E-state index in [-0.39, 0.29) is 0 Å². The van der Waals surface area contributed by atoms with Gasteiger partial charge < -0.3 is 0 Å². The zero-order valence-corrected chi connectivity index (χ0v) is 6.60. The molecule has 0 saturated carbocycles. The van der Waals surface area contributed by atoms with Crippen LogP contribution in [0.5, 0.6) is 0 Å². The van der Waals surface area contributed by atoms with E-state index in [4.69, 9.17) is 0 Å². The molecule has 1 aliphatic carbocycles. The van der Waals surface area contributed by atoms with Gasteiger partial charge in [-0.3, -0.25) is 0 Å². The largest absolute Gasteiger partial charge is 0.106 e. The third-order valence-electron chi connectivity index (χ3n) is 1.59. The Morgan fingerprint density at radius 3 is 2.30 bits per heavy atom. The van der Waals surface area contributed by atoms with Crippen molar-refractivity contribution in [3.63, 3.8) is 0 Å². The zero-order valence-electron chi connectivity index (χ0n) is 6.60. The highest BCUT2D eigenvalue weighted by Gasteiger charge is 1.97. The summed E-state index contributed by atoms with van der Waals surface area (Å²) in [7, 11) is 0. The molecule has 0 atom stereocenters. The van der Waals surface area contributed by atoms with Gasteiger partial charge in [0.15, 0.2) is 0 Å². The van der Waals surface area contributed by atoms with Crippen molar-refractivity contribution in [1.82, 2.24) is 0 Å². The third kappa shape index (κ3) is 3.29. The molecule has 0 bridgehead atoms. The molecule has 0 aliphatic heterocycles. The first-order valence-corrected chi connectivity index (χ1v) is 3.75. The van der Waals surface area contributed by atoms with E-state index in [1.165, 1.54) is 31.3 Å². The van der Waals surface area contributed by atoms with Crippen molar-refractivity contribution in [3.8, 4) is 0 Å². The molecule has 0 aromatic heterocycles. The van der Waals surface area contributed by atoms with E-state index in [0.29, 0.717) is 0 Å². The maximum absolute atomic E-state index is 3.72. The summed E-state index contributed by atoms with van der Waals surface area (Å²) >= 11 is 0. The van der Waals surface area contributed by atoms with Crippen molar-refractivity contribution < 1.29 is 0 Å². The minimum Gasteiger partial charge on any atom is -0.106 e. The summed E-state index contributed by atoms with van der Waals surface area (Å²) in [6, 6.07) is 0. The molecule has 0 aromatic rings. The molecular formula is C10H16. The van der Waals surface area contributed by atoms with Crippen LogP contribution in [0.2, 0.25) is 0 Å². The van der Waals surface area contributed by atoms with Gasteiger partial charge in [0, 0.05) is 0 Å². The van der Waals surface area contributed by atoms with E-state index in [1.807, 2.05) is 6.08 Å².